The number of benzene rings is 1. The van der Waals surface area contributed by atoms with Crippen molar-refractivity contribution in [3.8, 4) is 11.8 Å². The van der Waals surface area contributed by atoms with E-state index in [9.17, 15) is 18.8 Å². The summed E-state index contributed by atoms with van der Waals surface area (Å²) >= 11 is 0. The van der Waals surface area contributed by atoms with Crippen LogP contribution >= 0.6 is 0 Å². The Morgan fingerprint density at radius 1 is 1.32 bits per heavy atom. The van der Waals surface area contributed by atoms with Crippen molar-refractivity contribution in [2.45, 2.75) is 6.92 Å². The Morgan fingerprint density at radius 2 is 1.95 bits per heavy atom. The van der Waals surface area contributed by atoms with Crippen molar-refractivity contribution in [3.63, 3.8) is 0 Å². The van der Waals surface area contributed by atoms with Gasteiger partial charge in [0.05, 0.1) is 16.8 Å². The highest BCUT2D eigenvalue weighted by molar-refractivity contribution is 5.91. The zero-order valence-corrected chi connectivity index (χ0v) is 11.6. The molecule has 0 saturated heterocycles. The van der Waals surface area contributed by atoms with Gasteiger partial charge in [0, 0.05) is 18.8 Å². The molecule has 1 heterocycles. The minimum atomic E-state index is -1.46. The van der Waals surface area contributed by atoms with Gasteiger partial charge in [-0.25, -0.2) is 18.5 Å². The Kier molecular flexibility index (Phi) is 3.65. The van der Waals surface area contributed by atoms with Gasteiger partial charge in [-0.2, -0.15) is 5.26 Å². The minimum Gasteiger partial charge on any atom is -0.478 e. The molecule has 8 heteroatoms. The molecule has 2 rings (SSSR count). The van der Waals surface area contributed by atoms with Crippen molar-refractivity contribution in [2.24, 2.45) is 7.05 Å². The lowest BCUT2D eigenvalue weighted by Crippen LogP contribution is -2.38. The molecule has 0 unspecified atom stereocenters. The highest BCUT2D eigenvalue weighted by Crippen LogP contribution is 2.17. The van der Waals surface area contributed by atoms with E-state index < -0.39 is 39.8 Å². The van der Waals surface area contributed by atoms with Crippen LogP contribution < -0.4 is 11.2 Å². The fourth-order valence-electron chi connectivity index (χ4n) is 1.96. The molecule has 22 heavy (non-hydrogen) atoms. The molecule has 0 fully saturated rings. The maximum absolute atomic E-state index is 14.1. The Hall–Kier alpha value is -3.21. The minimum absolute atomic E-state index is 0.374. The van der Waals surface area contributed by atoms with Gasteiger partial charge in [-0.15, -0.1) is 0 Å². The number of carboxylic acid groups (broad SMARTS) is 1. The molecule has 1 aromatic carbocycles. The van der Waals surface area contributed by atoms with Gasteiger partial charge in [-0.1, -0.05) is 0 Å². The summed E-state index contributed by atoms with van der Waals surface area (Å²) in [6.07, 6.45) is 0. The van der Waals surface area contributed by atoms with Crippen LogP contribution in [0.5, 0.6) is 0 Å². The van der Waals surface area contributed by atoms with Crippen molar-refractivity contribution in [3.05, 3.63) is 61.7 Å². The lowest BCUT2D eigenvalue weighted by molar-refractivity contribution is 0.0696. The van der Waals surface area contributed by atoms with Gasteiger partial charge < -0.3 is 9.67 Å². The van der Waals surface area contributed by atoms with Gasteiger partial charge >= 0.3 is 11.7 Å². The zero-order chi connectivity index (χ0) is 16.6. The summed E-state index contributed by atoms with van der Waals surface area (Å²) in [6, 6.07) is 4.16. The van der Waals surface area contributed by atoms with E-state index in [4.69, 9.17) is 10.4 Å². The van der Waals surface area contributed by atoms with Crippen LogP contribution in [0.15, 0.2) is 27.8 Å². The Bertz CT molecular complexity index is 950. The number of aryl methyl sites for hydroxylation is 1. The van der Waals surface area contributed by atoms with Crippen molar-refractivity contribution in [1.82, 2.24) is 9.13 Å². The number of aromatic nitrogens is 2. The molecule has 1 aromatic heterocycles. The van der Waals surface area contributed by atoms with Crippen LogP contribution in [0.2, 0.25) is 0 Å². The maximum Gasteiger partial charge on any atom is 0.337 e. The second kappa shape index (κ2) is 5.29. The van der Waals surface area contributed by atoms with E-state index in [1.54, 1.807) is 6.07 Å². The van der Waals surface area contributed by atoms with E-state index in [-0.39, 0.29) is 0 Å². The first-order valence-corrected chi connectivity index (χ1v) is 6.05. The summed E-state index contributed by atoms with van der Waals surface area (Å²) in [5.41, 5.74) is -2.63. The van der Waals surface area contributed by atoms with Gasteiger partial charge in [-0.3, -0.25) is 4.79 Å². The van der Waals surface area contributed by atoms with Crippen molar-refractivity contribution in [2.75, 3.05) is 0 Å². The van der Waals surface area contributed by atoms with E-state index in [1.807, 2.05) is 0 Å². The summed E-state index contributed by atoms with van der Waals surface area (Å²) in [4.78, 5) is 35.2. The molecule has 2 aromatic rings. The molecule has 112 valence electrons. The molecule has 1 N–H and O–H groups in total. The first-order valence-electron chi connectivity index (χ1n) is 6.05. The van der Waals surface area contributed by atoms with E-state index >= 15 is 0 Å². The van der Waals surface area contributed by atoms with Crippen LogP contribution in [-0.2, 0) is 7.05 Å². The van der Waals surface area contributed by atoms with Crippen LogP contribution in [0.1, 0.15) is 21.6 Å². The fourth-order valence-corrected chi connectivity index (χ4v) is 1.96. The topological polar surface area (TPSA) is 105 Å². The largest absolute Gasteiger partial charge is 0.478 e. The van der Waals surface area contributed by atoms with E-state index in [2.05, 4.69) is 0 Å². The number of aromatic carboxylic acids is 1. The summed E-state index contributed by atoms with van der Waals surface area (Å²) in [6.45, 7) is 1.53. The summed E-state index contributed by atoms with van der Waals surface area (Å²) in [5, 5.41) is 17.9. The SMILES string of the molecule is Cc1cc(=O)n(-c2cc(C(=O)O)c(C#N)cc2F)c(=O)n1C. The molecular weight excluding hydrogens is 293 g/mol. The maximum atomic E-state index is 14.1. The Balaban J connectivity index is 2.92. The third kappa shape index (κ3) is 2.29. The average Bonchev–Trinajstić information content (AvgIpc) is 2.45. The van der Waals surface area contributed by atoms with Crippen LogP contribution in [0, 0.1) is 24.1 Å². The van der Waals surface area contributed by atoms with Crippen molar-refractivity contribution < 1.29 is 14.3 Å². The predicted octanol–water partition coefficient (Wildman–Crippen LogP) is 0.554. The Morgan fingerprint density at radius 3 is 2.50 bits per heavy atom. The molecule has 0 spiro atoms. The molecule has 0 aliphatic carbocycles. The summed E-state index contributed by atoms with van der Waals surface area (Å²) in [7, 11) is 1.40. The van der Waals surface area contributed by atoms with Gasteiger partial charge in [0.25, 0.3) is 5.56 Å². The molecule has 7 nitrogen and oxygen atoms in total. The van der Waals surface area contributed by atoms with Crippen LogP contribution in [0.3, 0.4) is 0 Å². The Labute approximate surface area is 123 Å². The molecule has 0 radical (unpaired) electrons. The first-order chi connectivity index (χ1) is 10.3. The number of hydrogen-bond donors (Lipinski definition) is 1. The quantitative estimate of drug-likeness (QED) is 0.872. The highest BCUT2D eigenvalue weighted by atomic mass is 19.1. The lowest BCUT2D eigenvalue weighted by atomic mass is 10.1. The van der Waals surface area contributed by atoms with Crippen LogP contribution in [0.25, 0.3) is 5.69 Å². The summed E-state index contributed by atoms with van der Waals surface area (Å²) in [5.74, 6) is -2.50. The second-order valence-electron chi connectivity index (χ2n) is 4.57. The lowest BCUT2D eigenvalue weighted by Gasteiger charge is -2.11. The van der Waals surface area contributed by atoms with Crippen LogP contribution in [0.4, 0.5) is 4.39 Å². The smallest absolute Gasteiger partial charge is 0.337 e. The number of carboxylic acids is 1. The summed E-state index contributed by atoms with van der Waals surface area (Å²) < 4.78 is 15.8. The molecule has 0 amide bonds. The fraction of sp³-hybridized carbons (Fsp3) is 0.143. The highest BCUT2D eigenvalue weighted by Gasteiger charge is 2.19. The van der Waals surface area contributed by atoms with Crippen molar-refractivity contribution in [1.29, 1.82) is 5.26 Å². The monoisotopic (exact) mass is 303 g/mol. The average molecular weight is 303 g/mol. The molecule has 0 bridgehead atoms. The normalized spacial score (nSPS) is 10.3. The number of nitrogens with zero attached hydrogens (tertiary/aromatic N) is 3. The van der Waals surface area contributed by atoms with Crippen molar-refractivity contribution >= 4 is 5.97 Å². The van der Waals surface area contributed by atoms with E-state index in [0.29, 0.717) is 16.3 Å². The molecule has 0 atom stereocenters. The van der Waals surface area contributed by atoms with Gasteiger partial charge in [0.1, 0.15) is 11.9 Å². The third-order valence-electron chi connectivity index (χ3n) is 3.24. The molecular formula is C14H10FN3O4. The van der Waals surface area contributed by atoms with Gasteiger partial charge in [0.2, 0.25) is 0 Å². The third-order valence-corrected chi connectivity index (χ3v) is 3.24. The number of carbonyl (C=O) groups is 1. The van der Waals surface area contributed by atoms with Gasteiger partial charge in [0.15, 0.2) is 0 Å². The number of rotatable bonds is 2. The molecule has 0 aliphatic rings. The van der Waals surface area contributed by atoms with Crippen LogP contribution in [-0.4, -0.2) is 20.2 Å². The number of hydrogen-bond acceptors (Lipinski definition) is 4. The first kappa shape index (κ1) is 15.2. The molecule has 0 saturated carbocycles. The van der Waals surface area contributed by atoms with E-state index in [1.165, 1.54) is 14.0 Å². The second-order valence-corrected chi connectivity index (χ2v) is 4.57. The van der Waals surface area contributed by atoms with Gasteiger partial charge in [-0.05, 0) is 19.1 Å². The van der Waals surface area contributed by atoms with E-state index in [0.717, 1.165) is 16.7 Å². The predicted molar refractivity (Wildman–Crippen MR) is 73.6 cm³/mol. The molecule has 0 aliphatic heterocycles. The number of nitriles is 1. The number of halogens is 1. The standard InChI is InChI=1S/C14H10FN3O4/c1-7-3-12(19)18(14(22)17(7)2)11-5-9(13(20)21)8(6-16)4-10(11)15/h3-5H,1-2H3,(H,20,21). The zero-order valence-electron chi connectivity index (χ0n) is 11.6.